The number of pyridine rings is 1. The van der Waals surface area contributed by atoms with E-state index in [1.54, 1.807) is 19.1 Å². The van der Waals surface area contributed by atoms with Crippen LogP contribution >= 0.6 is 15.9 Å². The van der Waals surface area contributed by atoms with Gasteiger partial charge in [-0.25, -0.2) is 0 Å². The maximum absolute atomic E-state index is 11.9. The number of aromatic nitrogens is 1. The molecular weight excluding hydrogens is 284 g/mol. The number of primary amides is 1. The molecule has 0 radical (unpaired) electrons. The first-order valence-electron chi connectivity index (χ1n) is 5.11. The Morgan fingerprint density at radius 3 is 2.76 bits per heavy atom. The summed E-state index contributed by atoms with van der Waals surface area (Å²) in [5, 5.41) is 0.583. The number of carbonyl (C=O) groups is 1. The fraction of sp³-hybridized carbons (Fsp3) is 0.167. The van der Waals surface area contributed by atoms with Crippen molar-refractivity contribution < 1.29 is 4.79 Å². The van der Waals surface area contributed by atoms with Gasteiger partial charge in [-0.2, -0.15) is 0 Å². The van der Waals surface area contributed by atoms with E-state index >= 15 is 0 Å². The third kappa shape index (κ3) is 2.24. The second-order valence-corrected chi connectivity index (χ2v) is 4.82. The number of hydrogen-bond acceptors (Lipinski definition) is 2. The zero-order chi connectivity index (χ0) is 12.6. The molecule has 1 heterocycles. The minimum absolute atomic E-state index is 0.122. The number of H-pyrrole nitrogens is 1. The summed E-state index contributed by atoms with van der Waals surface area (Å²) in [6.07, 6.45) is 0. The third-order valence-corrected chi connectivity index (χ3v) is 3.20. The van der Waals surface area contributed by atoms with E-state index in [0.717, 1.165) is 4.47 Å². The van der Waals surface area contributed by atoms with E-state index in [2.05, 4.69) is 20.9 Å². The first-order valence-corrected chi connectivity index (χ1v) is 5.90. The van der Waals surface area contributed by atoms with Gasteiger partial charge >= 0.3 is 0 Å². The smallest absolute Gasteiger partial charge is 0.226 e. The molecule has 88 valence electrons. The highest BCUT2D eigenvalue weighted by molar-refractivity contribution is 9.10. The van der Waals surface area contributed by atoms with Crippen LogP contribution in [0.15, 0.2) is 33.5 Å². The van der Waals surface area contributed by atoms with Crippen molar-refractivity contribution in [2.75, 3.05) is 0 Å². The summed E-state index contributed by atoms with van der Waals surface area (Å²) in [5.74, 6) is -0.965. The molecule has 1 atom stereocenters. The zero-order valence-electron chi connectivity index (χ0n) is 9.16. The second-order valence-electron chi connectivity index (χ2n) is 3.90. The molecule has 0 fully saturated rings. The van der Waals surface area contributed by atoms with Crippen LogP contribution in [-0.4, -0.2) is 10.9 Å². The van der Waals surface area contributed by atoms with Crippen molar-refractivity contribution in [1.82, 2.24) is 4.98 Å². The highest BCUT2D eigenvalue weighted by atomic mass is 79.9. The molecule has 4 nitrogen and oxygen atoms in total. The van der Waals surface area contributed by atoms with Crippen LogP contribution in [0.5, 0.6) is 0 Å². The maximum Gasteiger partial charge on any atom is 0.226 e. The quantitative estimate of drug-likeness (QED) is 0.887. The minimum Gasteiger partial charge on any atom is -0.369 e. The molecule has 3 N–H and O–H groups in total. The Kier molecular flexibility index (Phi) is 3.02. The summed E-state index contributed by atoms with van der Waals surface area (Å²) < 4.78 is 0.839. The predicted molar refractivity (Wildman–Crippen MR) is 69.9 cm³/mol. The Bertz CT molecular complexity index is 648. The van der Waals surface area contributed by atoms with Crippen LogP contribution in [0.1, 0.15) is 18.5 Å². The molecule has 0 bridgehead atoms. The first-order chi connectivity index (χ1) is 7.99. The van der Waals surface area contributed by atoms with Gasteiger partial charge in [0.2, 0.25) is 5.91 Å². The summed E-state index contributed by atoms with van der Waals surface area (Å²) in [6.45, 7) is 1.66. The van der Waals surface area contributed by atoms with Crippen molar-refractivity contribution in [3.05, 3.63) is 44.7 Å². The average Bonchev–Trinajstić information content (AvgIpc) is 2.28. The molecule has 0 aliphatic heterocycles. The van der Waals surface area contributed by atoms with Gasteiger partial charge in [-0.3, -0.25) is 9.59 Å². The van der Waals surface area contributed by atoms with E-state index in [1.807, 2.05) is 6.07 Å². The van der Waals surface area contributed by atoms with Crippen LogP contribution in [0.25, 0.3) is 10.9 Å². The molecule has 0 aliphatic rings. The molecule has 1 aromatic carbocycles. The summed E-state index contributed by atoms with van der Waals surface area (Å²) >= 11 is 3.31. The van der Waals surface area contributed by atoms with Crippen LogP contribution in [0.3, 0.4) is 0 Å². The average molecular weight is 295 g/mol. The van der Waals surface area contributed by atoms with Crippen molar-refractivity contribution in [3.63, 3.8) is 0 Å². The predicted octanol–water partition coefficient (Wildman–Crippen LogP) is 1.88. The normalized spacial score (nSPS) is 12.6. The monoisotopic (exact) mass is 294 g/mol. The van der Waals surface area contributed by atoms with Gasteiger partial charge in [0.05, 0.1) is 5.92 Å². The summed E-state index contributed by atoms with van der Waals surface area (Å²) in [7, 11) is 0. The van der Waals surface area contributed by atoms with E-state index in [0.29, 0.717) is 16.6 Å². The lowest BCUT2D eigenvalue weighted by molar-refractivity contribution is -0.119. The molecule has 0 spiro atoms. The Labute approximate surface area is 106 Å². The molecule has 2 aromatic rings. The zero-order valence-corrected chi connectivity index (χ0v) is 10.7. The maximum atomic E-state index is 11.9. The second kappa shape index (κ2) is 4.33. The molecule has 2 rings (SSSR count). The largest absolute Gasteiger partial charge is 0.369 e. The number of halogens is 1. The van der Waals surface area contributed by atoms with Gasteiger partial charge < -0.3 is 10.7 Å². The van der Waals surface area contributed by atoms with Crippen LogP contribution in [-0.2, 0) is 4.79 Å². The molecule has 0 saturated carbocycles. The molecule has 5 heteroatoms. The highest BCUT2D eigenvalue weighted by Crippen LogP contribution is 2.18. The number of hydrogen-bond donors (Lipinski definition) is 2. The molecule has 1 unspecified atom stereocenters. The SMILES string of the molecule is CC(C(N)=O)c1cc(=O)c2cc(Br)ccc2[nH]1. The van der Waals surface area contributed by atoms with E-state index in [-0.39, 0.29) is 5.43 Å². The van der Waals surface area contributed by atoms with Gasteiger partial charge in [0.1, 0.15) is 0 Å². The van der Waals surface area contributed by atoms with E-state index in [4.69, 9.17) is 5.73 Å². The summed E-state index contributed by atoms with van der Waals surface area (Å²) in [6, 6.07) is 6.78. The molecule has 17 heavy (non-hydrogen) atoms. The van der Waals surface area contributed by atoms with Crippen molar-refractivity contribution in [3.8, 4) is 0 Å². The summed E-state index contributed by atoms with van der Waals surface area (Å²) in [5.41, 5.74) is 6.33. The Morgan fingerprint density at radius 2 is 2.12 bits per heavy atom. The van der Waals surface area contributed by atoms with E-state index < -0.39 is 11.8 Å². The van der Waals surface area contributed by atoms with Crippen molar-refractivity contribution in [2.45, 2.75) is 12.8 Å². The van der Waals surface area contributed by atoms with Crippen molar-refractivity contribution in [2.24, 2.45) is 5.73 Å². The fourth-order valence-corrected chi connectivity index (χ4v) is 1.99. The number of benzene rings is 1. The molecule has 0 aliphatic carbocycles. The number of carbonyl (C=O) groups excluding carboxylic acids is 1. The lowest BCUT2D eigenvalue weighted by atomic mass is 10.1. The van der Waals surface area contributed by atoms with Crippen LogP contribution in [0.2, 0.25) is 0 Å². The topological polar surface area (TPSA) is 76.0 Å². The van der Waals surface area contributed by atoms with Gasteiger partial charge in [0.15, 0.2) is 5.43 Å². The lowest BCUT2D eigenvalue weighted by Crippen LogP contribution is -2.21. The van der Waals surface area contributed by atoms with Gasteiger partial charge in [-0.15, -0.1) is 0 Å². The van der Waals surface area contributed by atoms with Crippen LogP contribution in [0.4, 0.5) is 0 Å². The highest BCUT2D eigenvalue weighted by Gasteiger charge is 2.14. The van der Waals surface area contributed by atoms with E-state index in [9.17, 15) is 9.59 Å². The van der Waals surface area contributed by atoms with Crippen molar-refractivity contribution >= 4 is 32.7 Å². The minimum atomic E-state index is -0.504. The fourth-order valence-electron chi connectivity index (χ4n) is 1.63. The number of nitrogens with two attached hydrogens (primary N) is 1. The van der Waals surface area contributed by atoms with Crippen LogP contribution in [0, 0.1) is 0 Å². The first kappa shape index (κ1) is 11.9. The Morgan fingerprint density at radius 1 is 1.41 bits per heavy atom. The number of amides is 1. The van der Waals surface area contributed by atoms with Gasteiger partial charge in [0.25, 0.3) is 0 Å². The molecule has 1 amide bonds. The van der Waals surface area contributed by atoms with Gasteiger partial charge in [0, 0.05) is 27.1 Å². The number of fused-ring (bicyclic) bond motifs is 1. The number of rotatable bonds is 2. The molecule has 1 aromatic heterocycles. The Balaban J connectivity index is 2.68. The van der Waals surface area contributed by atoms with Crippen LogP contribution < -0.4 is 11.2 Å². The molecular formula is C12H11BrN2O2. The van der Waals surface area contributed by atoms with Gasteiger partial charge in [-0.1, -0.05) is 15.9 Å². The third-order valence-electron chi connectivity index (χ3n) is 2.71. The Hall–Kier alpha value is -1.62. The standard InChI is InChI=1S/C12H11BrN2O2/c1-6(12(14)17)10-5-11(16)8-4-7(13)2-3-9(8)15-10/h2-6H,1H3,(H2,14,17)(H,15,16). The number of aromatic amines is 1. The van der Waals surface area contributed by atoms with E-state index in [1.165, 1.54) is 6.07 Å². The lowest BCUT2D eigenvalue weighted by Gasteiger charge is -2.09. The summed E-state index contributed by atoms with van der Waals surface area (Å²) in [4.78, 5) is 26.0. The number of nitrogens with one attached hydrogen (secondary N) is 1. The van der Waals surface area contributed by atoms with Gasteiger partial charge in [-0.05, 0) is 25.1 Å². The molecule has 0 saturated heterocycles. The van der Waals surface area contributed by atoms with Crippen molar-refractivity contribution in [1.29, 1.82) is 0 Å².